The minimum Gasteiger partial charge on any atom is -0.495 e. The molecule has 1 atom stereocenters. The molecule has 1 aliphatic heterocycles. The summed E-state index contributed by atoms with van der Waals surface area (Å²) in [6.07, 6.45) is 0.274. The van der Waals surface area contributed by atoms with E-state index in [0.717, 1.165) is 16.7 Å². The first-order valence-electron chi connectivity index (χ1n) is 7.22. The van der Waals surface area contributed by atoms with E-state index in [1.54, 1.807) is 36.4 Å². The van der Waals surface area contributed by atoms with Gasteiger partial charge in [-0.25, -0.2) is 4.90 Å². The van der Waals surface area contributed by atoms with E-state index in [-0.39, 0.29) is 17.6 Å². The molecule has 1 heterocycles. The number of amides is 2. The first-order chi connectivity index (χ1) is 11.9. The number of halogens is 3. The molecule has 4 nitrogen and oxygen atoms in total. The molecule has 8 heteroatoms. The molecule has 0 N–H and O–H groups in total. The molecule has 0 radical (unpaired) electrons. The summed E-state index contributed by atoms with van der Waals surface area (Å²) in [6.45, 7) is 0. The van der Waals surface area contributed by atoms with Gasteiger partial charge in [0.2, 0.25) is 5.91 Å². The van der Waals surface area contributed by atoms with Crippen molar-refractivity contribution < 1.29 is 14.3 Å². The topological polar surface area (TPSA) is 46.6 Å². The number of methoxy groups -OCH3 is 1. The molecule has 0 unspecified atom stereocenters. The summed E-state index contributed by atoms with van der Waals surface area (Å²) >= 11 is 19.1. The standard InChI is InChI=1S/C17H12Cl3NO3S/c1-24-15-9(5-11(19)8-13(15)20)6-14-16(22)21(17(23)25-14)12-4-2-3-10(18)7-12/h2-5,7-8,14H,6H2,1H3/t14-/m0/s1. The number of thioether (sulfide) groups is 1. The fraction of sp³-hybridized carbons (Fsp3) is 0.176. The molecule has 25 heavy (non-hydrogen) atoms. The van der Waals surface area contributed by atoms with Crippen molar-refractivity contribution in [2.45, 2.75) is 11.7 Å². The van der Waals surface area contributed by atoms with Gasteiger partial charge in [-0.2, -0.15) is 0 Å². The summed E-state index contributed by atoms with van der Waals surface area (Å²) < 4.78 is 5.30. The van der Waals surface area contributed by atoms with Crippen LogP contribution in [0.1, 0.15) is 5.56 Å². The number of rotatable bonds is 4. The van der Waals surface area contributed by atoms with Gasteiger partial charge in [0.05, 0.1) is 23.1 Å². The number of carbonyl (C=O) groups is 2. The number of hydrogen-bond acceptors (Lipinski definition) is 4. The van der Waals surface area contributed by atoms with Crippen molar-refractivity contribution in [1.29, 1.82) is 0 Å². The van der Waals surface area contributed by atoms with E-state index >= 15 is 0 Å². The number of anilines is 1. The highest BCUT2D eigenvalue weighted by molar-refractivity contribution is 8.15. The van der Waals surface area contributed by atoms with Gasteiger partial charge in [0, 0.05) is 10.0 Å². The Bertz CT molecular complexity index is 859. The van der Waals surface area contributed by atoms with Gasteiger partial charge < -0.3 is 4.74 Å². The van der Waals surface area contributed by atoms with Gasteiger partial charge in [0.25, 0.3) is 5.24 Å². The maximum absolute atomic E-state index is 12.7. The van der Waals surface area contributed by atoms with Gasteiger partial charge in [-0.3, -0.25) is 9.59 Å². The maximum Gasteiger partial charge on any atom is 0.293 e. The van der Waals surface area contributed by atoms with Crippen LogP contribution in [0.4, 0.5) is 10.5 Å². The minimum atomic E-state index is -0.588. The Morgan fingerprint density at radius 3 is 2.56 bits per heavy atom. The molecule has 1 fully saturated rings. The van der Waals surface area contributed by atoms with Crippen LogP contribution in [0.5, 0.6) is 5.75 Å². The van der Waals surface area contributed by atoms with Gasteiger partial charge in [-0.15, -0.1) is 0 Å². The molecule has 3 rings (SSSR count). The van der Waals surface area contributed by atoms with E-state index in [9.17, 15) is 9.59 Å². The number of imide groups is 1. The van der Waals surface area contributed by atoms with Crippen LogP contribution in [0.3, 0.4) is 0 Å². The van der Waals surface area contributed by atoms with Crippen molar-refractivity contribution in [3.8, 4) is 5.75 Å². The predicted molar refractivity (Wildman–Crippen MR) is 102 cm³/mol. The van der Waals surface area contributed by atoms with E-state index in [1.165, 1.54) is 7.11 Å². The van der Waals surface area contributed by atoms with E-state index in [2.05, 4.69) is 0 Å². The summed E-state index contributed by atoms with van der Waals surface area (Å²) in [5.41, 5.74) is 1.13. The lowest BCUT2D eigenvalue weighted by Crippen LogP contribution is -2.32. The van der Waals surface area contributed by atoms with Crippen LogP contribution >= 0.6 is 46.6 Å². The number of ether oxygens (including phenoxy) is 1. The smallest absolute Gasteiger partial charge is 0.293 e. The Labute approximate surface area is 164 Å². The Morgan fingerprint density at radius 1 is 1.12 bits per heavy atom. The molecule has 2 amide bonds. The largest absolute Gasteiger partial charge is 0.495 e. The zero-order valence-electron chi connectivity index (χ0n) is 13.0. The van der Waals surface area contributed by atoms with Crippen LogP contribution in [0.2, 0.25) is 15.1 Å². The average Bonchev–Trinajstić information content (AvgIpc) is 2.81. The van der Waals surface area contributed by atoms with Crippen LogP contribution in [-0.2, 0) is 11.2 Å². The lowest BCUT2D eigenvalue weighted by atomic mass is 10.1. The van der Waals surface area contributed by atoms with Crippen molar-refractivity contribution >= 4 is 63.4 Å². The molecule has 0 spiro atoms. The van der Waals surface area contributed by atoms with Crippen LogP contribution in [-0.4, -0.2) is 23.5 Å². The van der Waals surface area contributed by atoms with Gasteiger partial charge in [0.15, 0.2) is 0 Å². The van der Waals surface area contributed by atoms with Crippen molar-refractivity contribution in [1.82, 2.24) is 0 Å². The van der Waals surface area contributed by atoms with E-state index < -0.39 is 5.25 Å². The Kier molecular flexibility index (Phi) is 5.49. The number of nitrogens with zero attached hydrogens (tertiary/aromatic N) is 1. The van der Waals surface area contributed by atoms with Gasteiger partial charge in [-0.1, -0.05) is 52.6 Å². The number of hydrogen-bond donors (Lipinski definition) is 0. The van der Waals surface area contributed by atoms with Crippen molar-refractivity contribution in [2.75, 3.05) is 12.0 Å². The Morgan fingerprint density at radius 2 is 1.88 bits per heavy atom. The zero-order chi connectivity index (χ0) is 18.1. The molecular weight excluding hydrogens is 405 g/mol. The highest BCUT2D eigenvalue weighted by Gasteiger charge is 2.41. The summed E-state index contributed by atoms with van der Waals surface area (Å²) in [5.74, 6) is 0.142. The maximum atomic E-state index is 12.7. The second kappa shape index (κ2) is 7.46. The van der Waals surface area contributed by atoms with Gasteiger partial charge >= 0.3 is 0 Å². The third-order valence-electron chi connectivity index (χ3n) is 3.68. The lowest BCUT2D eigenvalue weighted by molar-refractivity contribution is -0.117. The minimum absolute atomic E-state index is 0.274. The molecule has 2 aromatic carbocycles. The lowest BCUT2D eigenvalue weighted by Gasteiger charge is -2.15. The van der Waals surface area contributed by atoms with E-state index in [1.807, 2.05) is 0 Å². The summed E-state index contributed by atoms with van der Waals surface area (Å²) in [7, 11) is 1.49. The molecule has 1 saturated heterocycles. The van der Waals surface area contributed by atoms with Crippen molar-refractivity contribution in [2.24, 2.45) is 0 Å². The van der Waals surface area contributed by atoms with Crippen LogP contribution in [0, 0.1) is 0 Å². The van der Waals surface area contributed by atoms with Crippen molar-refractivity contribution in [3.63, 3.8) is 0 Å². The van der Waals surface area contributed by atoms with E-state index in [4.69, 9.17) is 39.5 Å². The normalized spacial score (nSPS) is 17.3. The highest BCUT2D eigenvalue weighted by atomic mass is 35.5. The molecule has 0 aliphatic carbocycles. The third-order valence-corrected chi connectivity index (χ3v) is 5.45. The third kappa shape index (κ3) is 3.75. The monoisotopic (exact) mass is 415 g/mol. The number of benzene rings is 2. The first kappa shape index (κ1) is 18.4. The second-order valence-corrected chi connectivity index (χ2v) is 7.74. The van der Waals surface area contributed by atoms with Crippen molar-refractivity contribution in [3.05, 3.63) is 57.0 Å². The number of carbonyl (C=O) groups excluding carboxylic acids is 2. The second-order valence-electron chi connectivity index (χ2n) is 5.31. The Hall–Kier alpha value is -1.40. The predicted octanol–water partition coefficient (Wildman–Crippen LogP) is 5.47. The Balaban J connectivity index is 1.89. The first-order valence-corrected chi connectivity index (χ1v) is 9.24. The van der Waals surface area contributed by atoms with Crippen LogP contribution < -0.4 is 9.64 Å². The summed E-state index contributed by atoms with van der Waals surface area (Å²) in [6, 6.07) is 9.87. The molecular formula is C17H12Cl3NO3S. The molecule has 2 aromatic rings. The molecule has 130 valence electrons. The van der Waals surface area contributed by atoms with Crippen LogP contribution in [0.25, 0.3) is 0 Å². The van der Waals surface area contributed by atoms with E-state index in [0.29, 0.717) is 32.1 Å². The zero-order valence-corrected chi connectivity index (χ0v) is 16.0. The SMILES string of the molecule is COc1c(Cl)cc(Cl)cc1C[C@@H]1SC(=O)N(c2cccc(Cl)c2)C1=O. The average molecular weight is 417 g/mol. The highest BCUT2D eigenvalue weighted by Crippen LogP contribution is 2.38. The molecule has 0 bridgehead atoms. The van der Waals surface area contributed by atoms with Gasteiger partial charge in [-0.05, 0) is 42.3 Å². The summed E-state index contributed by atoms with van der Waals surface area (Å²) in [4.78, 5) is 26.2. The molecule has 0 saturated carbocycles. The van der Waals surface area contributed by atoms with Crippen LogP contribution in [0.15, 0.2) is 36.4 Å². The quantitative estimate of drug-likeness (QED) is 0.663. The van der Waals surface area contributed by atoms with Gasteiger partial charge in [0.1, 0.15) is 5.75 Å². The molecule has 1 aliphatic rings. The summed E-state index contributed by atoms with van der Waals surface area (Å²) in [5, 5.41) is 0.321. The fourth-order valence-corrected chi connectivity index (χ4v) is 4.44. The fourth-order valence-electron chi connectivity index (χ4n) is 2.63. The molecule has 0 aromatic heterocycles.